The summed E-state index contributed by atoms with van der Waals surface area (Å²) in [4.78, 5) is 26.7. The zero-order chi connectivity index (χ0) is 15.7. The molecular formula is C16H21NO4S. The molecule has 2 atom stereocenters. The van der Waals surface area contributed by atoms with Crippen molar-refractivity contribution in [1.29, 1.82) is 0 Å². The van der Waals surface area contributed by atoms with Gasteiger partial charge in [-0.1, -0.05) is 6.92 Å². The molecule has 0 bridgehead atoms. The zero-order valence-corrected chi connectivity index (χ0v) is 13.5. The highest BCUT2D eigenvalue weighted by Gasteiger charge is 2.30. The number of rotatable bonds is 3. The van der Waals surface area contributed by atoms with Crippen LogP contribution in [0.25, 0.3) is 0 Å². The van der Waals surface area contributed by atoms with E-state index in [1.165, 1.54) is 10.4 Å². The van der Waals surface area contributed by atoms with E-state index in [1.54, 1.807) is 16.2 Å². The summed E-state index contributed by atoms with van der Waals surface area (Å²) >= 11 is 1.69. The van der Waals surface area contributed by atoms with E-state index >= 15 is 0 Å². The molecule has 6 heteroatoms. The molecule has 1 aromatic rings. The minimum atomic E-state index is -0.888. The number of carbonyl (C=O) groups excluding carboxylic acids is 1. The molecule has 5 nitrogen and oxygen atoms in total. The van der Waals surface area contributed by atoms with E-state index in [0.717, 1.165) is 24.8 Å². The summed E-state index contributed by atoms with van der Waals surface area (Å²) in [6, 6.07) is 0. The van der Waals surface area contributed by atoms with Gasteiger partial charge in [-0.3, -0.25) is 9.59 Å². The van der Waals surface area contributed by atoms with Crippen molar-refractivity contribution in [3.63, 3.8) is 0 Å². The first kappa shape index (κ1) is 15.5. The molecule has 0 aromatic carbocycles. The molecule has 0 spiro atoms. The predicted molar refractivity (Wildman–Crippen MR) is 83.4 cm³/mol. The Morgan fingerprint density at radius 1 is 1.50 bits per heavy atom. The summed E-state index contributed by atoms with van der Waals surface area (Å²) < 4.78 is 5.44. The van der Waals surface area contributed by atoms with Crippen molar-refractivity contribution in [2.75, 3.05) is 19.7 Å². The van der Waals surface area contributed by atoms with E-state index < -0.39 is 12.1 Å². The van der Waals surface area contributed by atoms with Gasteiger partial charge in [0.25, 0.3) is 5.91 Å². The molecule has 2 aliphatic rings. The van der Waals surface area contributed by atoms with Gasteiger partial charge in [0.2, 0.25) is 0 Å². The molecule has 1 amide bonds. The molecule has 3 rings (SSSR count). The lowest BCUT2D eigenvalue weighted by Crippen LogP contribution is -2.46. The number of fused-ring (bicyclic) bond motifs is 1. The minimum Gasteiger partial charge on any atom is -0.481 e. The Bertz CT molecular complexity index is 583. The van der Waals surface area contributed by atoms with Crippen LogP contribution in [-0.4, -0.2) is 47.7 Å². The number of carboxylic acid groups (broad SMARTS) is 1. The number of hydrogen-bond donors (Lipinski definition) is 1. The third kappa shape index (κ3) is 3.17. The van der Waals surface area contributed by atoms with Crippen molar-refractivity contribution in [2.45, 2.75) is 38.7 Å². The smallest absolute Gasteiger partial charge is 0.306 e. The molecule has 1 N–H and O–H groups in total. The number of carboxylic acids is 1. The fraction of sp³-hybridized carbons (Fsp3) is 0.625. The summed E-state index contributed by atoms with van der Waals surface area (Å²) in [5, 5.41) is 10.9. The molecule has 2 unspecified atom stereocenters. The van der Waals surface area contributed by atoms with E-state index in [4.69, 9.17) is 9.84 Å². The van der Waals surface area contributed by atoms with E-state index in [9.17, 15) is 9.59 Å². The Morgan fingerprint density at radius 2 is 2.32 bits per heavy atom. The second-order valence-electron chi connectivity index (χ2n) is 6.24. The highest BCUT2D eigenvalue weighted by atomic mass is 32.1. The number of carbonyl (C=O) groups is 2. The third-order valence-corrected chi connectivity index (χ3v) is 5.51. The minimum absolute atomic E-state index is 0.0331. The zero-order valence-electron chi connectivity index (χ0n) is 12.7. The van der Waals surface area contributed by atoms with Crippen LogP contribution in [0.2, 0.25) is 0 Å². The van der Waals surface area contributed by atoms with Gasteiger partial charge >= 0.3 is 5.97 Å². The van der Waals surface area contributed by atoms with Crippen molar-refractivity contribution in [3.8, 4) is 0 Å². The van der Waals surface area contributed by atoms with Crippen LogP contribution in [0.1, 0.15) is 40.6 Å². The Hall–Kier alpha value is -1.40. The van der Waals surface area contributed by atoms with Gasteiger partial charge in [0.05, 0.1) is 24.7 Å². The van der Waals surface area contributed by atoms with Gasteiger partial charge in [0.15, 0.2) is 0 Å². The van der Waals surface area contributed by atoms with Crippen molar-refractivity contribution < 1.29 is 19.4 Å². The lowest BCUT2D eigenvalue weighted by atomic mass is 9.88. The van der Waals surface area contributed by atoms with E-state index in [1.807, 2.05) is 5.38 Å². The van der Waals surface area contributed by atoms with Gasteiger partial charge in [-0.05, 0) is 30.7 Å². The van der Waals surface area contributed by atoms with Gasteiger partial charge in [0, 0.05) is 23.3 Å². The van der Waals surface area contributed by atoms with Crippen molar-refractivity contribution in [3.05, 3.63) is 21.4 Å². The monoisotopic (exact) mass is 323 g/mol. The fourth-order valence-electron chi connectivity index (χ4n) is 3.25. The normalized spacial score (nSPS) is 24.9. The van der Waals surface area contributed by atoms with Crippen molar-refractivity contribution in [2.24, 2.45) is 5.92 Å². The van der Waals surface area contributed by atoms with Crippen molar-refractivity contribution >= 4 is 23.2 Å². The summed E-state index contributed by atoms with van der Waals surface area (Å²) in [6.07, 6.45) is 2.73. The molecule has 1 aliphatic carbocycles. The van der Waals surface area contributed by atoms with Crippen molar-refractivity contribution in [1.82, 2.24) is 4.90 Å². The van der Waals surface area contributed by atoms with Crippen LogP contribution in [0, 0.1) is 5.92 Å². The second-order valence-corrected chi connectivity index (χ2v) is 7.21. The van der Waals surface area contributed by atoms with E-state index in [-0.39, 0.29) is 12.3 Å². The lowest BCUT2D eigenvalue weighted by Gasteiger charge is -2.32. The maximum absolute atomic E-state index is 12.8. The average Bonchev–Trinajstić information content (AvgIpc) is 2.89. The van der Waals surface area contributed by atoms with E-state index in [2.05, 4.69) is 6.92 Å². The number of aliphatic carboxylic acids is 1. The Morgan fingerprint density at radius 3 is 3.09 bits per heavy atom. The van der Waals surface area contributed by atoms with Gasteiger partial charge in [-0.2, -0.15) is 0 Å². The summed E-state index contributed by atoms with van der Waals surface area (Å²) in [6.45, 7) is 3.57. The molecule has 1 aromatic heterocycles. The lowest BCUT2D eigenvalue weighted by molar-refractivity contribution is -0.141. The van der Waals surface area contributed by atoms with Crippen LogP contribution in [0.3, 0.4) is 0 Å². The molecule has 2 heterocycles. The maximum atomic E-state index is 12.8. The number of hydrogen-bond acceptors (Lipinski definition) is 4. The number of thiophene rings is 1. The van der Waals surface area contributed by atoms with E-state index in [0.29, 0.717) is 25.6 Å². The summed E-state index contributed by atoms with van der Waals surface area (Å²) in [5.74, 6) is -0.163. The predicted octanol–water partition coefficient (Wildman–Crippen LogP) is 2.19. The molecule has 0 saturated carbocycles. The first-order valence-corrected chi connectivity index (χ1v) is 8.64. The number of amides is 1. The quantitative estimate of drug-likeness (QED) is 0.926. The molecule has 1 fully saturated rings. The van der Waals surface area contributed by atoms with Gasteiger partial charge in [-0.25, -0.2) is 0 Å². The average molecular weight is 323 g/mol. The maximum Gasteiger partial charge on any atom is 0.306 e. The van der Waals surface area contributed by atoms with Crippen LogP contribution in [0.4, 0.5) is 0 Å². The third-order valence-electron chi connectivity index (χ3n) is 4.46. The first-order chi connectivity index (χ1) is 10.5. The Kier molecular flexibility index (Phi) is 4.49. The second kappa shape index (κ2) is 6.38. The summed E-state index contributed by atoms with van der Waals surface area (Å²) in [7, 11) is 0. The molecule has 1 aliphatic heterocycles. The molecule has 120 valence electrons. The van der Waals surface area contributed by atoms with Gasteiger partial charge < -0.3 is 14.7 Å². The van der Waals surface area contributed by atoms with Crippen LogP contribution in [-0.2, 0) is 22.4 Å². The molecular weight excluding hydrogens is 302 g/mol. The summed E-state index contributed by atoms with van der Waals surface area (Å²) in [5.41, 5.74) is 2.04. The number of morpholine rings is 1. The molecule has 22 heavy (non-hydrogen) atoms. The Labute approximate surface area is 133 Å². The number of ether oxygens (including phenoxy) is 1. The topological polar surface area (TPSA) is 66.8 Å². The Balaban J connectivity index is 1.72. The highest BCUT2D eigenvalue weighted by Crippen LogP contribution is 2.33. The number of nitrogens with zero attached hydrogens (tertiary/aromatic N) is 1. The molecule has 0 radical (unpaired) electrons. The van der Waals surface area contributed by atoms with Gasteiger partial charge in [0.1, 0.15) is 0 Å². The first-order valence-electron chi connectivity index (χ1n) is 7.76. The van der Waals surface area contributed by atoms with Crippen LogP contribution < -0.4 is 0 Å². The standard InChI is InChI=1S/C16H21NO4S/c1-10-2-3-12-13(9-22-14(12)6-10)16(20)17-4-5-21-11(8-17)7-15(18)19/h9-11H,2-8H2,1H3,(H,18,19). The largest absolute Gasteiger partial charge is 0.481 e. The highest BCUT2D eigenvalue weighted by molar-refractivity contribution is 7.10. The van der Waals surface area contributed by atoms with Crippen LogP contribution in [0.15, 0.2) is 5.38 Å². The van der Waals surface area contributed by atoms with Gasteiger partial charge in [-0.15, -0.1) is 11.3 Å². The van der Waals surface area contributed by atoms with Crippen LogP contribution >= 0.6 is 11.3 Å². The van der Waals surface area contributed by atoms with Crippen LogP contribution in [0.5, 0.6) is 0 Å². The molecule has 1 saturated heterocycles. The SMILES string of the molecule is CC1CCc2c(C(=O)N3CCOC(CC(=O)O)C3)csc2C1. The fourth-order valence-corrected chi connectivity index (χ4v) is 4.49.